The summed E-state index contributed by atoms with van der Waals surface area (Å²) in [5, 5.41) is 0. The molecule has 0 N–H and O–H groups in total. The zero-order valence-corrected chi connectivity index (χ0v) is 8.18. The van der Waals surface area contributed by atoms with Gasteiger partial charge in [-0.05, 0) is 19.4 Å². The molecule has 0 aromatic heterocycles. The highest BCUT2D eigenvalue weighted by atomic mass is 19.3. The van der Waals surface area contributed by atoms with Crippen LogP contribution in [-0.2, 0) is 11.2 Å². The molecule has 1 nitrogen and oxygen atoms in total. The molecule has 14 heavy (non-hydrogen) atoms. The monoisotopic (exact) mass is 198 g/mol. The molecule has 0 radical (unpaired) electrons. The fraction of sp³-hybridized carbons (Fsp3) is 0.364. The van der Waals surface area contributed by atoms with Crippen molar-refractivity contribution >= 4 is 5.78 Å². The van der Waals surface area contributed by atoms with Gasteiger partial charge in [-0.1, -0.05) is 29.3 Å². The van der Waals surface area contributed by atoms with Crippen molar-refractivity contribution in [2.45, 2.75) is 26.7 Å². The summed E-state index contributed by atoms with van der Waals surface area (Å²) >= 11 is 0. The van der Waals surface area contributed by atoms with Gasteiger partial charge in [0.05, 0.1) is 0 Å². The summed E-state index contributed by atoms with van der Waals surface area (Å²) in [7, 11) is 0. The van der Waals surface area contributed by atoms with Crippen LogP contribution in [0, 0.1) is 13.8 Å². The highest BCUT2D eigenvalue weighted by Crippen LogP contribution is 2.11. The second-order valence-corrected chi connectivity index (χ2v) is 3.44. The molecule has 0 spiro atoms. The molecular weight excluding hydrogens is 186 g/mol. The molecule has 0 aliphatic heterocycles. The number of hydrogen-bond acceptors (Lipinski definition) is 1. The molecule has 3 heteroatoms. The van der Waals surface area contributed by atoms with Gasteiger partial charge in [0.15, 0.2) is 0 Å². The zero-order valence-electron chi connectivity index (χ0n) is 8.18. The second kappa shape index (κ2) is 4.31. The van der Waals surface area contributed by atoms with Crippen molar-refractivity contribution in [1.29, 1.82) is 0 Å². The Kier molecular flexibility index (Phi) is 3.33. The van der Waals surface area contributed by atoms with Crippen molar-refractivity contribution in [2.24, 2.45) is 0 Å². The topological polar surface area (TPSA) is 17.1 Å². The van der Waals surface area contributed by atoms with Crippen molar-refractivity contribution in [3.63, 3.8) is 0 Å². The summed E-state index contributed by atoms with van der Waals surface area (Å²) in [6.45, 7) is 3.76. The predicted octanol–water partition coefficient (Wildman–Crippen LogP) is 2.68. The number of carbonyl (C=O) groups is 1. The van der Waals surface area contributed by atoms with Crippen LogP contribution < -0.4 is 0 Å². The molecule has 0 fully saturated rings. The lowest BCUT2D eigenvalue weighted by molar-refractivity contribution is -0.128. The van der Waals surface area contributed by atoms with Crippen molar-refractivity contribution in [3.8, 4) is 0 Å². The minimum Gasteiger partial charge on any atom is -0.293 e. The molecule has 0 atom stereocenters. The van der Waals surface area contributed by atoms with E-state index in [-0.39, 0.29) is 6.42 Å². The zero-order chi connectivity index (χ0) is 10.7. The smallest absolute Gasteiger partial charge is 0.293 e. The summed E-state index contributed by atoms with van der Waals surface area (Å²) in [6, 6.07) is 5.46. The quantitative estimate of drug-likeness (QED) is 0.729. The predicted molar refractivity (Wildman–Crippen MR) is 50.6 cm³/mol. The van der Waals surface area contributed by atoms with E-state index >= 15 is 0 Å². The highest BCUT2D eigenvalue weighted by Gasteiger charge is 2.15. The Morgan fingerprint density at radius 3 is 2.14 bits per heavy atom. The third-order valence-electron chi connectivity index (χ3n) is 1.90. The number of rotatable bonds is 3. The van der Waals surface area contributed by atoms with Gasteiger partial charge in [-0.15, -0.1) is 0 Å². The van der Waals surface area contributed by atoms with E-state index in [9.17, 15) is 13.6 Å². The number of halogens is 2. The summed E-state index contributed by atoms with van der Waals surface area (Å²) in [6.07, 6.45) is -3.05. The number of Topliss-reactive ketones (excluding diaryl/α,β-unsaturated/α-hetero) is 1. The number of ketones is 1. The molecule has 76 valence electrons. The van der Waals surface area contributed by atoms with Crippen LogP contribution in [0.3, 0.4) is 0 Å². The van der Waals surface area contributed by atoms with E-state index in [1.54, 1.807) is 12.1 Å². The first-order chi connectivity index (χ1) is 6.49. The standard InChI is InChI=1S/C11H12F2O/c1-7-3-8(2)5-9(4-7)6-10(14)11(12)13/h3-5,11H,6H2,1-2H3. The van der Waals surface area contributed by atoms with E-state index in [2.05, 4.69) is 0 Å². The number of carbonyl (C=O) groups excluding carboxylic acids is 1. The van der Waals surface area contributed by atoms with Crippen LogP contribution in [0.2, 0.25) is 0 Å². The number of benzene rings is 1. The van der Waals surface area contributed by atoms with Gasteiger partial charge in [0.25, 0.3) is 6.43 Å². The molecule has 1 aromatic carbocycles. The Bertz CT molecular complexity index is 325. The van der Waals surface area contributed by atoms with Crippen LogP contribution in [0.5, 0.6) is 0 Å². The Hall–Kier alpha value is -1.25. The third-order valence-corrected chi connectivity index (χ3v) is 1.90. The fourth-order valence-electron chi connectivity index (χ4n) is 1.45. The molecule has 1 rings (SSSR count). The van der Waals surface area contributed by atoms with Crippen LogP contribution in [0.1, 0.15) is 16.7 Å². The van der Waals surface area contributed by atoms with Gasteiger partial charge in [0.1, 0.15) is 0 Å². The number of aryl methyl sites for hydroxylation is 2. The van der Waals surface area contributed by atoms with Crippen LogP contribution in [0.25, 0.3) is 0 Å². The van der Waals surface area contributed by atoms with Gasteiger partial charge in [0.2, 0.25) is 5.78 Å². The molecule has 0 saturated heterocycles. The summed E-state index contributed by atoms with van der Waals surface area (Å²) < 4.78 is 23.9. The normalized spacial score (nSPS) is 10.6. The van der Waals surface area contributed by atoms with Crippen LogP contribution in [-0.4, -0.2) is 12.2 Å². The van der Waals surface area contributed by atoms with Gasteiger partial charge >= 0.3 is 0 Å². The maximum Gasteiger partial charge on any atom is 0.296 e. The van der Waals surface area contributed by atoms with Crippen molar-refractivity contribution in [3.05, 3.63) is 34.9 Å². The third kappa shape index (κ3) is 2.91. The molecule has 0 saturated carbocycles. The molecule has 0 unspecified atom stereocenters. The molecule has 0 heterocycles. The first kappa shape index (κ1) is 10.8. The van der Waals surface area contributed by atoms with Gasteiger partial charge in [-0.2, -0.15) is 0 Å². The minimum atomic E-state index is -2.86. The maximum atomic E-state index is 12.0. The molecular formula is C11H12F2O. The molecule has 0 aliphatic rings. The number of hydrogen-bond donors (Lipinski definition) is 0. The molecule has 0 aliphatic carbocycles. The highest BCUT2D eigenvalue weighted by molar-refractivity contribution is 5.83. The molecule has 0 bridgehead atoms. The van der Waals surface area contributed by atoms with Gasteiger partial charge in [0, 0.05) is 6.42 Å². The van der Waals surface area contributed by atoms with Gasteiger partial charge in [-0.3, -0.25) is 4.79 Å². The summed E-state index contributed by atoms with van der Waals surface area (Å²) in [4.78, 5) is 10.8. The van der Waals surface area contributed by atoms with Crippen LogP contribution in [0.4, 0.5) is 8.78 Å². The van der Waals surface area contributed by atoms with E-state index in [1.807, 2.05) is 19.9 Å². The SMILES string of the molecule is Cc1cc(C)cc(CC(=O)C(F)F)c1. The molecule has 1 aromatic rings. The average molecular weight is 198 g/mol. The van der Waals surface area contributed by atoms with Crippen LogP contribution >= 0.6 is 0 Å². The van der Waals surface area contributed by atoms with Gasteiger partial charge < -0.3 is 0 Å². The first-order valence-electron chi connectivity index (χ1n) is 4.37. The Labute approximate surface area is 81.7 Å². The second-order valence-electron chi connectivity index (χ2n) is 3.44. The van der Waals surface area contributed by atoms with Crippen molar-refractivity contribution < 1.29 is 13.6 Å². The van der Waals surface area contributed by atoms with Crippen LogP contribution in [0.15, 0.2) is 18.2 Å². The van der Waals surface area contributed by atoms with Gasteiger partial charge in [-0.25, -0.2) is 8.78 Å². The Morgan fingerprint density at radius 1 is 1.21 bits per heavy atom. The van der Waals surface area contributed by atoms with E-state index in [1.165, 1.54) is 0 Å². The largest absolute Gasteiger partial charge is 0.296 e. The fourth-order valence-corrected chi connectivity index (χ4v) is 1.45. The minimum absolute atomic E-state index is 0.180. The van der Waals surface area contributed by atoms with E-state index in [0.29, 0.717) is 5.56 Å². The summed E-state index contributed by atoms with van der Waals surface area (Å²) in [5.74, 6) is -1.02. The number of alkyl halides is 2. The lowest BCUT2D eigenvalue weighted by Gasteiger charge is -2.03. The lowest BCUT2D eigenvalue weighted by atomic mass is 10.0. The molecule has 0 amide bonds. The lowest BCUT2D eigenvalue weighted by Crippen LogP contribution is -2.12. The van der Waals surface area contributed by atoms with E-state index < -0.39 is 12.2 Å². The summed E-state index contributed by atoms with van der Waals surface area (Å²) in [5.41, 5.74) is 2.64. The van der Waals surface area contributed by atoms with Crippen molar-refractivity contribution in [1.82, 2.24) is 0 Å². The Balaban J connectivity index is 2.82. The Morgan fingerprint density at radius 2 is 1.71 bits per heavy atom. The van der Waals surface area contributed by atoms with Crippen molar-refractivity contribution in [2.75, 3.05) is 0 Å². The first-order valence-corrected chi connectivity index (χ1v) is 4.37. The van der Waals surface area contributed by atoms with E-state index in [4.69, 9.17) is 0 Å². The van der Waals surface area contributed by atoms with E-state index in [0.717, 1.165) is 11.1 Å². The average Bonchev–Trinajstić information content (AvgIpc) is 2.01. The maximum absolute atomic E-state index is 12.0.